The van der Waals surface area contributed by atoms with Crippen molar-refractivity contribution in [3.8, 4) is 0 Å². The lowest BCUT2D eigenvalue weighted by atomic mass is 10.0. The number of aryl methyl sites for hydroxylation is 1. The third kappa shape index (κ3) is 4.05. The van der Waals surface area contributed by atoms with Crippen LogP contribution in [0.4, 0.5) is 5.69 Å². The van der Waals surface area contributed by atoms with Crippen LogP contribution in [0.1, 0.15) is 31.7 Å². The Morgan fingerprint density at radius 3 is 2.95 bits per heavy atom. The first-order valence-electron chi connectivity index (χ1n) is 6.97. The number of carbonyl (C=O) groups excluding carboxylic acids is 1. The minimum Gasteiger partial charge on any atom is -0.325 e. The Kier molecular flexibility index (Phi) is 4.99. The number of piperidine rings is 1. The van der Waals surface area contributed by atoms with Gasteiger partial charge >= 0.3 is 0 Å². The number of hydrogen-bond donors (Lipinski definition) is 2. The van der Waals surface area contributed by atoms with E-state index in [9.17, 15) is 4.79 Å². The van der Waals surface area contributed by atoms with Crippen LogP contribution in [0.25, 0.3) is 0 Å². The average Bonchev–Trinajstić information content (AvgIpc) is 2.36. The molecule has 1 amide bonds. The summed E-state index contributed by atoms with van der Waals surface area (Å²) in [4.78, 5) is 13.5. The largest absolute Gasteiger partial charge is 0.325 e. The Hall–Kier alpha value is -0.870. The number of benzene rings is 1. The van der Waals surface area contributed by atoms with Gasteiger partial charge in [-0.3, -0.25) is 4.79 Å². The molecule has 1 unspecified atom stereocenters. The summed E-state index contributed by atoms with van der Waals surface area (Å²) in [5, 5.41) is 3.00. The fraction of sp³-hybridized carbons (Fsp3) is 0.533. The summed E-state index contributed by atoms with van der Waals surface area (Å²) >= 11 is 3.49. The minimum atomic E-state index is 0.105. The van der Waals surface area contributed by atoms with Crippen LogP contribution in [-0.2, 0) is 4.79 Å². The number of hydrogen-bond acceptors (Lipinski definition) is 1. The fourth-order valence-electron chi connectivity index (χ4n) is 2.64. The molecule has 1 aromatic carbocycles. The lowest BCUT2D eigenvalue weighted by Gasteiger charge is -2.29. The first-order valence-corrected chi connectivity index (χ1v) is 7.76. The van der Waals surface area contributed by atoms with Gasteiger partial charge in [-0.2, -0.15) is 0 Å². The molecular formula is C15H22BrN2O+. The van der Waals surface area contributed by atoms with Gasteiger partial charge in [0.2, 0.25) is 0 Å². The van der Waals surface area contributed by atoms with Crippen LogP contribution in [0, 0.1) is 6.92 Å². The molecule has 0 spiro atoms. The SMILES string of the molecule is Cc1ccc(NC(=O)C[NH+]2CCCC[C@H]2C)c(Br)c1. The molecule has 1 aliphatic rings. The topological polar surface area (TPSA) is 33.5 Å². The number of nitrogens with one attached hydrogen (secondary N) is 2. The van der Waals surface area contributed by atoms with E-state index in [0.29, 0.717) is 12.6 Å². The quantitative estimate of drug-likeness (QED) is 0.877. The zero-order valence-corrected chi connectivity index (χ0v) is 13.2. The van der Waals surface area contributed by atoms with Gasteiger partial charge in [-0.25, -0.2) is 0 Å². The molecule has 1 aromatic rings. The van der Waals surface area contributed by atoms with Gasteiger partial charge in [-0.1, -0.05) is 6.07 Å². The molecular weight excluding hydrogens is 304 g/mol. The predicted octanol–water partition coefficient (Wildman–Crippen LogP) is 2.15. The molecule has 2 atom stereocenters. The Morgan fingerprint density at radius 2 is 2.26 bits per heavy atom. The highest BCUT2D eigenvalue weighted by atomic mass is 79.9. The van der Waals surface area contributed by atoms with Crippen molar-refractivity contribution in [3.05, 3.63) is 28.2 Å². The van der Waals surface area contributed by atoms with Gasteiger partial charge in [0.1, 0.15) is 0 Å². The molecule has 104 valence electrons. The summed E-state index contributed by atoms with van der Waals surface area (Å²) in [6, 6.07) is 6.58. The number of rotatable bonds is 3. The fourth-order valence-corrected chi connectivity index (χ4v) is 3.23. The number of halogens is 1. The highest BCUT2D eigenvalue weighted by Gasteiger charge is 2.24. The molecule has 1 heterocycles. The summed E-state index contributed by atoms with van der Waals surface area (Å²) in [5.74, 6) is 0.105. The molecule has 0 radical (unpaired) electrons. The molecule has 3 nitrogen and oxygen atoms in total. The van der Waals surface area contributed by atoms with Gasteiger partial charge in [0.05, 0.1) is 18.3 Å². The Balaban J connectivity index is 1.93. The number of carbonyl (C=O) groups is 1. The van der Waals surface area contributed by atoms with E-state index < -0.39 is 0 Å². The van der Waals surface area contributed by atoms with E-state index >= 15 is 0 Å². The van der Waals surface area contributed by atoms with Crippen molar-refractivity contribution < 1.29 is 9.69 Å². The molecule has 0 bridgehead atoms. The average molecular weight is 326 g/mol. The Bertz CT molecular complexity index is 461. The zero-order valence-electron chi connectivity index (χ0n) is 11.6. The van der Waals surface area contributed by atoms with Gasteiger partial charge in [-0.15, -0.1) is 0 Å². The second-order valence-electron chi connectivity index (χ2n) is 5.51. The molecule has 4 heteroatoms. The van der Waals surface area contributed by atoms with Gasteiger partial charge < -0.3 is 10.2 Å². The summed E-state index contributed by atoms with van der Waals surface area (Å²) < 4.78 is 0.947. The van der Waals surface area contributed by atoms with Crippen molar-refractivity contribution in [2.24, 2.45) is 0 Å². The summed E-state index contributed by atoms with van der Waals surface area (Å²) in [6.07, 6.45) is 3.77. The molecule has 1 aliphatic heterocycles. The maximum atomic E-state index is 12.1. The molecule has 0 aromatic heterocycles. The second kappa shape index (κ2) is 6.53. The third-order valence-corrected chi connectivity index (χ3v) is 4.52. The number of quaternary nitrogens is 1. The van der Waals surface area contributed by atoms with Gasteiger partial charge in [0, 0.05) is 4.47 Å². The van der Waals surface area contributed by atoms with Crippen molar-refractivity contribution in [2.75, 3.05) is 18.4 Å². The van der Waals surface area contributed by atoms with Crippen LogP contribution < -0.4 is 10.2 Å². The normalized spacial score (nSPS) is 23.1. The molecule has 2 N–H and O–H groups in total. The molecule has 19 heavy (non-hydrogen) atoms. The highest BCUT2D eigenvalue weighted by Crippen LogP contribution is 2.23. The number of likely N-dealkylation sites (tertiary alicyclic amines) is 1. The van der Waals surface area contributed by atoms with Crippen LogP contribution in [0.3, 0.4) is 0 Å². The molecule has 0 aliphatic carbocycles. The van der Waals surface area contributed by atoms with Crippen molar-refractivity contribution in [2.45, 2.75) is 39.2 Å². The van der Waals surface area contributed by atoms with Gasteiger partial charge in [-0.05, 0) is 66.7 Å². The first-order chi connectivity index (χ1) is 9.06. The first kappa shape index (κ1) is 14.5. The van der Waals surface area contributed by atoms with E-state index in [1.54, 1.807) is 0 Å². The minimum absolute atomic E-state index is 0.105. The van der Waals surface area contributed by atoms with Crippen LogP contribution in [0.5, 0.6) is 0 Å². The summed E-state index contributed by atoms with van der Waals surface area (Å²) in [6.45, 7) is 5.96. The van der Waals surface area contributed by atoms with Crippen LogP contribution in [-0.4, -0.2) is 25.0 Å². The summed E-state index contributed by atoms with van der Waals surface area (Å²) in [7, 11) is 0. The van der Waals surface area contributed by atoms with E-state index in [1.807, 2.05) is 25.1 Å². The van der Waals surface area contributed by atoms with Crippen molar-refractivity contribution in [3.63, 3.8) is 0 Å². The van der Waals surface area contributed by atoms with Crippen LogP contribution >= 0.6 is 15.9 Å². The Labute approximate surface area is 123 Å². The second-order valence-corrected chi connectivity index (χ2v) is 6.37. The smallest absolute Gasteiger partial charge is 0.279 e. The van der Waals surface area contributed by atoms with Gasteiger partial charge in [0.15, 0.2) is 6.54 Å². The maximum absolute atomic E-state index is 12.1. The molecule has 1 saturated heterocycles. The lowest BCUT2D eigenvalue weighted by Crippen LogP contribution is -3.17. The number of anilines is 1. The van der Waals surface area contributed by atoms with E-state index in [0.717, 1.165) is 16.7 Å². The molecule has 2 rings (SSSR count). The highest BCUT2D eigenvalue weighted by molar-refractivity contribution is 9.10. The monoisotopic (exact) mass is 325 g/mol. The van der Waals surface area contributed by atoms with Gasteiger partial charge in [0.25, 0.3) is 5.91 Å². The van der Waals surface area contributed by atoms with Crippen LogP contribution in [0.15, 0.2) is 22.7 Å². The van der Waals surface area contributed by atoms with E-state index in [1.165, 1.54) is 29.7 Å². The third-order valence-electron chi connectivity index (χ3n) is 3.87. The van der Waals surface area contributed by atoms with Crippen molar-refractivity contribution in [1.82, 2.24) is 0 Å². The number of amides is 1. The molecule has 0 saturated carbocycles. The zero-order chi connectivity index (χ0) is 13.8. The van der Waals surface area contributed by atoms with Crippen molar-refractivity contribution in [1.29, 1.82) is 0 Å². The Morgan fingerprint density at radius 1 is 1.47 bits per heavy atom. The van der Waals surface area contributed by atoms with E-state index in [4.69, 9.17) is 0 Å². The predicted molar refractivity (Wildman–Crippen MR) is 81.5 cm³/mol. The van der Waals surface area contributed by atoms with E-state index in [2.05, 4.69) is 28.2 Å². The van der Waals surface area contributed by atoms with Crippen LogP contribution in [0.2, 0.25) is 0 Å². The maximum Gasteiger partial charge on any atom is 0.279 e. The summed E-state index contributed by atoms with van der Waals surface area (Å²) in [5.41, 5.74) is 2.04. The molecule has 1 fully saturated rings. The lowest BCUT2D eigenvalue weighted by molar-refractivity contribution is -0.920. The van der Waals surface area contributed by atoms with E-state index in [-0.39, 0.29) is 5.91 Å². The standard InChI is InChI=1S/C15H21BrN2O/c1-11-6-7-14(13(16)9-11)17-15(19)10-18-8-4-3-5-12(18)2/h6-7,9,12H,3-5,8,10H2,1-2H3,(H,17,19)/p+1/t12-/m1/s1. The van der Waals surface area contributed by atoms with Crippen molar-refractivity contribution >= 4 is 27.5 Å².